The standard InChI is InChI=1S/C16H31N3O2/c1-16(2,3)21-15(20)19-10-7-13(12-19)6-9-17-11-14-5-4-8-18-14/h13-14,17-18H,4-12H2,1-3H3. The van der Waals surface area contributed by atoms with Gasteiger partial charge in [-0.1, -0.05) is 0 Å². The molecule has 21 heavy (non-hydrogen) atoms. The summed E-state index contributed by atoms with van der Waals surface area (Å²) in [5, 5.41) is 7.04. The van der Waals surface area contributed by atoms with Crippen molar-refractivity contribution in [2.24, 2.45) is 5.92 Å². The number of carbonyl (C=O) groups is 1. The van der Waals surface area contributed by atoms with Gasteiger partial charge in [-0.25, -0.2) is 4.79 Å². The first kappa shape index (κ1) is 16.6. The molecule has 0 aromatic carbocycles. The van der Waals surface area contributed by atoms with Crippen LogP contribution in [0, 0.1) is 5.92 Å². The van der Waals surface area contributed by atoms with E-state index < -0.39 is 5.60 Å². The van der Waals surface area contributed by atoms with Gasteiger partial charge >= 0.3 is 6.09 Å². The number of ether oxygens (including phenoxy) is 1. The van der Waals surface area contributed by atoms with Gasteiger partial charge in [0.15, 0.2) is 0 Å². The van der Waals surface area contributed by atoms with Gasteiger partial charge in [-0.2, -0.15) is 0 Å². The third-order valence-corrected chi connectivity index (χ3v) is 4.22. The van der Waals surface area contributed by atoms with Crippen molar-refractivity contribution >= 4 is 6.09 Å². The van der Waals surface area contributed by atoms with Crippen molar-refractivity contribution in [1.29, 1.82) is 0 Å². The van der Waals surface area contributed by atoms with E-state index in [4.69, 9.17) is 4.74 Å². The van der Waals surface area contributed by atoms with Crippen molar-refractivity contribution in [3.8, 4) is 0 Å². The molecule has 2 rings (SSSR count). The highest BCUT2D eigenvalue weighted by molar-refractivity contribution is 5.68. The van der Waals surface area contributed by atoms with E-state index >= 15 is 0 Å². The topological polar surface area (TPSA) is 53.6 Å². The van der Waals surface area contributed by atoms with Crippen molar-refractivity contribution in [3.05, 3.63) is 0 Å². The lowest BCUT2D eigenvalue weighted by molar-refractivity contribution is 0.0287. The minimum atomic E-state index is -0.398. The van der Waals surface area contributed by atoms with Gasteiger partial charge in [0.25, 0.3) is 0 Å². The number of amides is 1. The maximum atomic E-state index is 12.0. The molecule has 2 N–H and O–H groups in total. The van der Waals surface area contributed by atoms with Gasteiger partial charge in [-0.3, -0.25) is 0 Å². The number of hydrogen-bond acceptors (Lipinski definition) is 4. The van der Waals surface area contributed by atoms with E-state index in [1.165, 1.54) is 19.4 Å². The van der Waals surface area contributed by atoms with Crippen LogP contribution in [0.3, 0.4) is 0 Å². The van der Waals surface area contributed by atoms with Crippen molar-refractivity contribution in [1.82, 2.24) is 15.5 Å². The Morgan fingerprint density at radius 2 is 2.19 bits per heavy atom. The summed E-state index contributed by atoms with van der Waals surface area (Å²) in [5.41, 5.74) is -0.398. The van der Waals surface area contributed by atoms with Crippen LogP contribution in [0.4, 0.5) is 4.79 Å². The summed E-state index contributed by atoms with van der Waals surface area (Å²) in [7, 11) is 0. The highest BCUT2D eigenvalue weighted by Crippen LogP contribution is 2.21. The Kier molecular flexibility index (Phi) is 5.88. The van der Waals surface area contributed by atoms with Crippen LogP contribution in [0.1, 0.15) is 46.5 Å². The molecule has 2 fully saturated rings. The molecule has 2 heterocycles. The first-order chi connectivity index (χ1) is 9.94. The number of likely N-dealkylation sites (tertiary alicyclic amines) is 1. The zero-order chi connectivity index (χ0) is 15.3. The Hall–Kier alpha value is -0.810. The molecule has 0 aromatic rings. The fraction of sp³-hybridized carbons (Fsp3) is 0.938. The summed E-state index contributed by atoms with van der Waals surface area (Å²) < 4.78 is 5.43. The first-order valence-corrected chi connectivity index (χ1v) is 8.36. The minimum Gasteiger partial charge on any atom is -0.444 e. The predicted octanol–water partition coefficient (Wildman–Crippen LogP) is 1.98. The molecular formula is C16H31N3O2. The van der Waals surface area contributed by atoms with E-state index in [0.717, 1.165) is 39.0 Å². The fourth-order valence-corrected chi connectivity index (χ4v) is 3.07. The molecule has 122 valence electrons. The van der Waals surface area contributed by atoms with E-state index in [-0.39, 0.29) is 6.09 Å². The molecule has 2 unspecified atom stereocenters. The van der Waals surface area contributed by atoms with E-state index in [9.17, 15) is 4.79 Å². The quantitative estimate of drug-likeness (QED) is 0.762. The zero-order valence-electron chi connectivity index (χ0n) is 13.8. The SMILES string of the molecule is CC(C)(C)OC(=O)N1CCC(CCNCC2CCCN2)C1. The molecule has 0 bridgehead atoms. The van der Waals surface area contributed by atoms with Gasteiger partial charge in [-0.15, -0.1) is 0 Å². The minimum absolute atomic E-state index is 0.159. The summed E-state index contributed by atoms with van der Waals surface area (Å²) in [6, 6.07) is 0.659. The smallest absolute Gasteiger partial charge is 0.410 e. The van der Waals surface area contributed by atoms with Crippen LogP contribution in [0.2, 0.25) is 0 Å². The van der Waals surface area contributed by atoms with Crippen LogP contribution in [0.25, 0.3) is 0 Å². The zero-order valence-corrected chi connectivity index (χ0v) is 13.8. The number of nitrogens with one attached hydrogen (secondary N) is 2. The maximum absolute atomic E-state index is 12.0. The van der Waals surface area contributed by atoms with Crippen LogP contribution < -0.4 is 10.6 Å². The van der Waals surface area contributed by atoms with Crippen LogP contribution >= 0.6 is 0 Å². The number of rotatable bonds is 5. The number of carbonyl (C=O) groups excluding carboxylic acids is 1. The lowest BCUT2D eigenvalue weighted by atomic mass is 10.1. The summed E-state index contributed by atoms with van der Waals surface area (Å²) in [5.74, 6) is 0.613. The Labute approximate surface area is 128 Å². The lowest BCUT2D eigenvalue weighted by Crippen LogP contribution is -2.36. The molecule has 5 nitrogen and oxygen atoms in total. The van der Waals surface area contributed by atoms with E-state index in [1.54, 1.807) is 0 Å². The summed E-state index contributed by atoms with van der Waals surface area (Å²) >= 11 is 0. The second-order valence-corrected chi connectivity index (χ2v) is 7.37. The predicted molar refractivity (Wildman–Crippen MR) is 84.4 cm³/mol. The Bertz CT molecular complexity index is 335. The second kappa shape index (κ2) is 7.45. The van der Waals surface area contributed by atoms with Gasteiger partial charge in [0.2, 0.25) is 0 Å². The molecule has 1 amide bonds. The Balaban J connectivity index is 1.58. The van der Waals surface area contributed by atoms with Crippen LogP contribution in [-0.2, 0) is 4.74 Å². The molecule has 0 aliphatic carbocycles. The van der Waals surface area contributed by atoms with Crippen molar-refractivity contribution < 1.29 is 9.53 Å². The van der Waals surface area contributed by atoms with Crippen molar-refractivity contribution in [3.63, 3.8) is 0 Å². The molecule has 2 atom stereocenters. The lowest BCUT2D eigenvalue weighted by Gasteiger charge is -2.24. The molecule has 2 saturated heterocycles. The van der Waals surface area contributed by atoms with Crippen molar-refractivity contribution in [2.45, 2.75) is 58.1 Å². The van der Waals surface area contributed by atoms with Gasteiger partial charge in [0.1, 0.15) is 5.60 Å². The average Bonchev–Trinajstić information content (AvgIpc) is 3.04. The van der Waals surface area contributed by atoms with Gasteiger partial charge in [-0.05, 0) is 65.5 Å². The molecule has 5 heteroatoms. The highest BCUT2D eigenvalue weighted by atomic mass is 16.6. The molecule has 0 aromatic heterocycles. The largest absolute Gasteiger partial charge is 0.444 e. The summed E-state index contributed by atoms with van der Waals surface area (Å²) in [6.45, 7) is 10.7. The third kappa shape index (κ3) is 5.83. The Morgan fingerprint density at radius 3 is 2.86 bits per heavy atom. The van der Waals surface area contributed by atoms with Gasteiger partial charge < -0.3 is 20.3 Å². The molecule has 2 aliphatic rings. The monoisotopic (exact) mass is 297 g/mol. The van der Waals surface area contributed by atoms with Gasteiger partial charge in [0.05, 0.1) is 0 Å². The molecule has 2 aliphatic heterocycles. The summed E-state index contributed by atoms with van der Waals surface area (Å²) in [6.07, 6.45) is 4.69. The van der Waals surface area contributed by atoms with E-state index in [1.807, 2.05) is 25.7 Å². The van der Waals surface area contributed by atoms with Crippen LogP contribution in [-0.4, -0.2) is 55.4 Å². The van der Waals surface area contributed by atoms with E-state index in [0.29, 0.717) is 12.0 Å². The number of hydrogen-bond donors (Lipinski definition) is 2. The van der Waals surface area contributed by atoms with Gasteiger partial charge in [0, 0.05) is 25.7 Å². The van der Waals surface area contributed by atoms with Crippen LogP contribution in [0.5, 0.6) is 0 Å². The first-order valence-electron chi connectivity index (χ1n) is 8.36. The summed E-state index contributed by atoms with van der Waals surface area (Å²) in [4.78, 5) is 13.8. The molecule has 0 spiro atoms. The van der Waals surface area contributed by atoms with Crippen LogP contribution in [0.15, 0.2) is 0 Å². The maximum Gasteiger partial charge on any atom is 0.410 e. The van der Waals surface area contributed by atoms with E-state index in [2.05, 4.69) is 10.6 Å². The molecule has 0 radical (unpaired) electrons. The third-order valence-electron chi connectivity index (χ3n) is 4.22. The number of nitrogens with zero attached hydrogens (tertiary/aromatic N) is 1. The highest BCUT2D eigenvalue weighted by Gasteiger charge is 2.29. The molecular weight excluding hydrogens is 266 g/mol. The average molecular weight is 297 g/mol. The van der Waals surface area contributed by atoms with Crippen molar-refractivity contribution in [2.75, 3.05) is 32.7 Å². The Morgan fingerprint density at radius 1 is 1.38 bits per heavy atom. The molecule has 0 saturated carbocycles. The second-order valence-electron chi connectivity index (χ2n) is 7.37. The normalized spacial score (nSPS) is 26.3. The fourth-order valence-electron chi connectivity index (χ4n) is 3.07.